The maximum Gasteiger partial charge on any atom is 0.222 e. The molecule has 1 unspecified atom stereocenters. The largest absolute Gasteiger partial charge is 0.345 e. The molecule has 0 bridgehead atoms. The van der Waals surface area contributed by atoms with E-state index in [2.05, 4.69) is 26.5 Å². The number of hydrogen-bond acceptors (Lipinski definition) is 6. The van der Waals surface area contributed by atoms with Crippen molar-refractivity contribution in [3.8, 4) is 0 Å². The van der Waals surface area contributed by atoms with Crippen LogP contribution in [-0.2, 0) is 11.2 Å². The summed E-state index contributed by atoms with van der Waals surface area (Å²) in [4.78, 5) is 21.4. The van der Waals surface area contributed by atoms with Gasteiger partial charge in [0, 0.05) is 50.6 Å². The zero-order valence-corrected chi connectivity index (χ0v) is 17.2. The molecule has 2 saturated heterocycles. The van der Waals surface area contributed by atoms with E-state index in [1.807, 2.05) is 4.90 Å². The first-order chi connectivity index (χ1) is 11.3. The maximum absolute atomic E-state index is 12.5. The van der Waals surface area contributed by atoms with Crippen molar-refractivity contribution in [1.29, 1.82) is 0 Å². The van der Waals surface area contributed by atoms with Crippen molar-refractivity contribution in [2.24, 2.45) is 5.92 Å². The van der Waals surface area contributed by atoms with Crippen LogP contribution in [0.25, 0.3) is 0 Å². The van der Waals surface area contributed by atoms with Crippen LogP contribution in [0, 0.1) is 5.92 Å². The normalized spacial score (nSPS) is 20.6. The van der Waals surface area contributed by atoms with Crippen LogP contribution in [0.1, 0.15) is 38.4 Å². The van der Waals surface area contributed by atoms with Gasteiger partial charge in [0.15, 0.2) is 0 Å². The van der Waals surface area contributed by atoms with E-state index in [4.69, 9.17) is 0 Å². The topological polar surface area (TPSA) is 61.4 Å². The molecule has 0 saturated carbocycles. The van der Waals surface area contributed by atoms with E-state index >= 15 is 0 Å². The third-order valence-electron chi connectivity index (χ3n) is 4.82. The molecule has 2 fully saturated rings. The van der Waals surface area contributed by atoms with Crippen molar-refractivity contribution in [3.05, 3.63) is 5.82 Å². The number of nitrogens with one attached hydrogen (secondary N) is 1. The molecule has 1 N–H and O–H groups in total. The molecule has 1 aromatic heterocycles. The third-order valence-corrected chi connectivity index (χ3v) is 5.64. The van der Waals surface area contributed by atoms with Gasteiger partial charge in [-0.1, -0.05) is 6.92 Å². The van der Waals surface area contributed by atoms with Gasteiger partial charge in [-0.15, -0.1) is 24.8 Å². The van der Waals surface area contributed by atoms with Crippen LogP contribution >= 0.6 is 36.3 Å². The van der Waals surface area contributed by atoms with Crippen LogP contribution in [0.5, 0.6) is 0 Å². The minimum absolute atomic E-state index is 0. The molecule has 9 heteroatoms. The SMILES string of the molecule is CCc1nsc(N2CCCN(C(=O)CCC3CCNC3)CC2)n1.Cl.Cl. The number of aromatic nitrogens is 2. The molecule has 2 aliphatic heterocycles. The Hall–Kier alpha value is -0.630. The molecule has 0 spiro atoms. The lowest BCUT2D eigenvalue weighted by Crippen LogP contribution is -2.35. The quantitative estimate of drug-likeness (QED) is 0.808. The lowest BCUT2D eigenvalue weighted by molar-refractivity contribution is -0.131. The first kappa shape index (κ1) is 22.4. The number of amides is 1. The van der Waals surface area contributed by atoms with E-state index in [0.29, 0.717) is 18.2 Å². The first-order valence-electron chi connectivity index (χ1n) is 8.82. The number of aryl methyl sites for hydroxylation is 1. The van der Waals surface area contributed by atoms with Gasteiger partial charge >= 0.3 is 0 Å². The summed E-state index contributed by atoms with van der Waals surface area (Å²) in [6.07, 6.45) is 4.84. The van der Waals surface area contributed by atoms with Gasteiger partial charge in [-0.3, -0.25) is 4.79 Å². The average Bonchev–Trinajstić information content (AvgIpc) is 3.20. The molecule has 1 amide bonds. The van der Waals surface area contributed by atoms with Crippen LogP contribution in [0.4, 0.5) is 5.13 Å². The molecule has 0 radical (unpaired) electrons. The summed E-state index contributed by atoms with van der Waals surface area (Å²) in [6, 6.07) is 0. The summed E-state index contributed by atoms with van der Waals surface area (Å²) in [7, 11) is 0. The van der Waals surface area contributed by atoms with E-state index in [9.17, 15) is 4.79 Å². The molecule has 0 aromatic carbocycles. The number of carbonyl (C=O) groups is 1. The van der Waals surface area contributed by atoms with Gasteiger partial charge in [0.05, 0.1) is 0 Å². The molecule has 144 valence electrons. The Morgan fingerprint density at radius 1 is 1.28 bits per heavy atom. The molecule has 0 aliphatic carbocycles. The summed E-state index contributed by atoms with van der Waals surface area (Å²) >= 11 is 1.48. The summed E-state index contributed by atoms with van der Waals surface area (Å²) in [5.41, 5.74) is 0. The predicted molar refractivity (Wildman–Crippen MR) is 107 cm³/mol. The second-order valence-electron chi connectivity index (χ2n) is 6.47. The highest BCUT2D eigenvalue weighted by atomic mass is 35.5. The highest BCUT2D eigenvalue weighted by molar-refractivity contribution is 7.09. The zero-order chi connectivity index (χ0) is 16.1. The van der Waals surface area contributed by atoms with E-state index in [1.54, 1.807) is 0 Å². The van der Waals surface area contributed by atoms with Crippen molar-refractivity contribution in [2.75, 3.05) is 44.2 Å². The number of nitrogens with zero attached hydrogens (tertiary/aromatic N) is 4. The standard InChI is InChI=1S/C16H27N5OS.2ClH/c1-2-14-18-16(23-19-14)21-9-3-8-20(10-11-21)15(22)5-4-13-6-7-17-12-13;;/h13,17H,2-12H2,1H3;2*1H. The molecule has 3 rings (SSSR count). The van der Waals surface area contributed by atoms with Crippen LogP contribution in [0.3, 0.4) is 0 Å². The fraction of sp³-hybridized carbons (Fsp3) is 0.812. The van der Waals surface area contributed by atoms with E-state index in [0.717, 1.165) is 69.5 Å². The third kappa shape index (κ3) is 6.24. The summed E-state index contributed by atoms with van der Waals surface area (Å²) in [5, 5.41) is 4.38. The van der Waals surface area contributed by atoms with Gasteiger partial charge in [-0.2, -0.15) is 4.37 Å². The zero-order valence-electron chi connectivity index (χ0n) is 14.8. The first-order valence-corrected chi connectivity index (χ1v) is 9.59. The summed E-state index contributed by atoms with van der Waals surface area (Å²) in [5.74, 6) is 1.94. The minimum atomic E-state index is 0. The second kappa shape index (κ2) is 11.2. The van der Waals surface area contributed by atoms with Crippen LogP contribution in [0.2, 0.25) is 0 Å². The Kier molecular flexibility index (Phi) is 10.0. The molecule has 1 aromatic rings. The molecular formula is C16H29Cl2N5OS. The van der Waals surface area contributed by atoms with Gasteiger partial charge in [-0.25, -0.2) is 4.98 Å². The molecule has 1 atom stereocenters. The number of hydrogen-bond donors (Lipinski definition) is 1. The maximum atomic E-state index is 12.5. The average molecular weight is 410 g/mol. The van der Waals surface area contributed by atoms with Crippen molar-refractivity contribution < 1.29 is 4.79 Å². The Morgan fingerprint density at radius 2 is 2.12 bits per heavy atom. The minimum Gasteiger partial charge on any atom is -0.345 e. The summed E-state index contributed by atoms with van der Waals surface area (Å²) < 4.78 is 4.37. The lowest BCUT2D eigenvalue weighted by atomic mass is 10.0. The molecule has 25 heavy (non-hydrogen) atoms. The number of anilines is 1. The van der Waals surface area contributed by atoms with Crippen molar-refractivity contribution in [2.45, 2.75) is 39.0 Å². The predicted octanol–water partition coefficient (Wildman–Crippen LogP) is 2.37. The van der Waals surface area contributed by atoms with Gasteiger partial charge in [0.25, 0.3) is 0 Å². The Balaban J connectivity index is 0.00000156. The van der Waals surface area contributed by atoms with E-state index < -0.39 is 0 Å². The van der Waals surface area contributed by atoms with Crippen LogP contribution < -0.4 is 10.2 Å². The van der Waals surface area contributed by atoms with Crippen molar-refractivity contribution >= 4 is 47.4 Å². The molecule has 6 nitrogen and oxygen atoms in total. The highest BCUT2D eigenvalue weighted by Gasteiger charge is 2.22. The molecule has 3 heterocycles. The lowest BCUT2D eigenvalue weighted by Gasteiger charge is -2.22. The van der Waals surface area contributed by atoms with Gasteiger partial charge < -0.3 is 15.1 Å². The number of rotatable bonds is 5. The fourth-order valence-corrected chi connectivity index (χ4v) is 4.12. The van der Waals surface area contributed by atoms with E-state index in [1.165, 1.54) is 18.0 Å². The van der Waals surface area contributed by atoms with Gasteiger partial charge in [-0.05, 0) is 38.3 Å². The Labute approximate surface area is 166 Å². The fourth-order valence-electron chi connectivity index (χ4n) is 3.32. The van der Waals surface area contributed by atoms with Gasteiger partial charge in [0.2, 0.25) is 11.0 Å². The highest BCUT2D eigenvalue weighted by Crippen LogP contribution is 2.20. The Bertz CT molecular complexity index is 524. The molecule has 2 aliphatic rings. The number of carbonyl (C=O) groups excluding carboxylic acids is 1. The van der Waals surface area contributed by atoms with Crippen molar-refractivity contribution in [1.82, 2.24) is 19.6 Å². The van der Waals surface area contributed by atoms with Crippen LogP contribution in [0.15, 0.2) is 0 Å². The summed E-state index contributed by atoms with van der Waals surface area (Å²) in [6.45, 7) is 7.79. The molecular weight excluding hydrogens is 381 g/mol. The van der Waals surface area contributed by atoms with Crippen molar-refractivity contribution in [3.63, 3.8) is 0 Å². The number of halogens is 2. The van der Waals surface area contributed by atoms with Crippen LogP contribution in [-0.4, -0.2) is 59.4 Å². The smallest absolute Gasteiger partial charge is 0.222 e. The van der Waals surface area contributed by atoms with Gasteiger partial charge in [0.1, 0.15) is 5.82 Å². The monoisotopic (exact) mass is 409 g/mol. The van der Waals surface area contributed by atoms with E-state index in [-0.39, 0.29) is 24.8 Å². The Morgan fingerprint density at radius 3 is 2.80 bits per heavy atom. The second-order valence-corrected chi connectivity index (χ2v) is 7.20.